The van der Waals surface area contributed by atoms with Gasteiger partial charge in [-0.3, -0.25) is 0 Å². The molecule has 1 N–H and O–H groups in total. The topological polar surface area (TPSA) is 15.3 Å². The van der Waals surface area contributed by atoms with Crippen molar-refractivity contribution in [2.24, 2.45) is 17.8 Å². The summed E-state index contributed by atoms with van der Waals surface area (Å²) in [6.45, 7) is 12.2. The fraction of sp³-hybridized carbons (Fsp3) is 1.00. The summed E-state index contributed by atoms with van der Waals surface area (Å²) in [7, 11) is 0. The summed E-state index contributed by atoms with van der Waals surface area (Å²) in [6, 6.07) is 0.735. The zero-order chi connectivity index (χ0) is 13.7. The standard InChI is InChI=1S/C17H34N2/c1-14(2)11-17-13-19(10-8-18-17)9-7-16-6-4-5-15(3)12-16/h14-18H,4-13H2,1-3H3. The third kappa shape index (κ3) is 5.43. The van der Waals surface area contributed by atoms with Gasteiger partial charge in [-0.25, -0.2) is 0 Å². The van der Waals surface area contributed by atoms with Crippen molar-refractivity contribution in [3.8, 4) is 0 Å². The number of nitrogens with zero attached hydrogens (tertiary/aromatic N) is 1. The zero-order valence-electron chi connectivity index (χ0n) is 13.3. The Hall–Kier alpha value is -0.0800. The van der Waals surface area contributed by atoms with E-state index in [-0.39, 0.29) is 0 Å². The predicted octanol–water partition coefficient (Wildman–Crippen LogP) is 3.52. The van der Waals surface area contributed by atoms with Crippen molar-refractivity contribution >= 4 is 0 Å². The van der Waals surface area contributed by atoms with Gasteiger partial charge in [0.05, 0.1) is 0 Å². The van der Waals surface area contributed by atoms with Gasteiger partial charge in [0, 0.05) is 25.7 Å². The Balaban J connectivity index is 1.67. The molecule has 1 saturated carbocycles. The first-order valence-corrected chi connectivity index (χ1v) is 8.59. The summed E-state index contributed by atoms with van der Waals surface area (Å²) in [5, 5.41) is 3.68. The van der Waals surface area contributed by atoms with Crippen molar-refractivity contribution in [3.63, 3.8) is 0 Å². The maximum Gasteiger partial charge on any atom is 0.0197 e. The molecule has 2 rings (SSSR count). The number of rotatable bonds is 5. The van der Waals surface area contributed by atoms with Gasteiger partial charge in [0.25, 0.3) is 0 Å². The summed E-state index contributed by atoms with van der Waals surface area (Å²) in [5.74, 6) is 2.81. The smallest absolute Gasteiger partial charge is 0.0197 e. The van der Waals surface area contributed by atoms with Gasteiger partial charge in [-0.15, -0.1) is 0 Å². The fourth-order valence-corrected chi connectivity index (χ4v) is 4.01. The van der Waals surface area contributed by atoms with E-state index in [1.54, 1.807) is 0 Å². The van der Waals surface area contributed by atoms with Gasteiger partial charge in [0.2, 0.25) is 0 Å². The summed E-state index contributed by atoms with van der Waals surface area (Å²) >= 11 is 0. The SMILES string of the molecule is CC(C)CC1CN(CCC2CCCC(C)C2)CCN1. The lowest BCUT2D eigenvalue weighted by molar-refractivity contribution is 0.163. The lowest BCUT2D eigenvalue weighted by atomic mass is 9.81. The highest BCUT2D eigenvalue weighted by Gasteiger charge is 2.22. The van der Waals surface area contributed by atoms with Gasteiger partial charge in [-0.2, -0.15) is 0 Å². The van der Waals surface area contributed by atoms with Gasteiger partial charge < -0.3 is 10.2 Å². The van der Waals surface area contributed by atoms with Gasteiger partial charge in [0.1, 0.15) is 0 Å². The minimum absolute atomic E-state index is 0.735. The molecule has 0 aromatic carbocycles. The molecule has 3 atom stereocenters. The van der Waals surface area contributed by atoms with E-state index < -0.39 is 0 Å². The third-order valence-electron chi connectivity index (χ3n) is 4.99. The van der Waals surface area contributed by atoms with Crippen molar-refractivity contribution in [2.75, 3.05) is 26.2 Å². The van der Waals surface area contributed by atoms with E-state index in [9.17, 15) is 0 Å². The Morgan fingerprint density at radius 1 is 1.26 bits per heavy atom. The van der Waals surface area contributed by atoms with E-state index in [2.05, 4.69) is 31.0 Å². The first-order valence-electron chi connectivity index (χ1n) is 8.59. The highest BCUT2D eigenvalue weighted by Crippen LogP contribution is 2.30. The van der Waals surface area contributed by atoms with Crippen molar-refractivity contribution < 1.29 is 0 Å². The second-order valence-corrected chi connectivity index (χ2v) is 7.51. The predicted molar refractivity (Wildman–Crippen MR) is 83.4 cm³/mol. The van der Waals surface area contributed by atoms with Crippen LogP contribution in [-0.4, -0.2) is 37.1 Å². The Labute approximate surface area is 120 Å². The average molecular weight is 266 g/mol. The van der Waals surface area contributed by atoms with Crippen molar-refractivity contribution in [3.05, 3.63) is 0 Å². The van der Waals surface area contributed by atoms with Crippen molar-refractivity contribution in [1.29, 1.82) is 0 Å². The fourth-order valence-electron chi connectivity index (χ4n) is 4.01. The molecule has 19 heavy (non-hydrogen) atoms. The molecule has 2 heteroatoms. The van der Waals surface area contributed by atoms with Crippen LogP contribution in [0.3, 0.4) is 0 Å². The molecule has 3 unspecified atom stereocenters. The monoisotopic (exact) mass is 266 g/mol. The minimum atomic E-state index is 0.735. The highest BCUT2D eigenvalue weighted by molar-refractivity contribution is 4.80. The molecule has 0 aromatic heterocycles. The van der Waals surface area contributed by atoms with Crippen LogP contribution in [0.5, 0.6) is 0 Å². The molecule has 1 aliphatic heterocycles. The molecule has 1 saturated heterocycles. The Morgan fingerprint density at radius 2 is 2.11 bits per heavy atom. The lowest BCUT2D eigenvalue weighted by Gasteiger charge is -2.36. The number of piperazine rings is 1. The van der Waals surface area contributed by atoms with Crippen LogP contribution in [0.2, 0.25) is 0 Å². The number of nitrogens with one attached hydrogen (secondary N) is 1. The van der Waals surface area contributed by atoms with E-state index in [0.29, 0.717) is 0 Å². The van der Waals surface area contributed by atoms with E-state index in [4.69, 9.17) is 0 Å². The summed E-state index contributed by atoms with van der Waals surface area (Å²) in [5.41, 5.74) is 0. The van der Waals surface area contributed by atoms with Gasteiger partial charge in [0.15, 0.2) is 0 Å². The first kappa shape index (κ1) is 15.3. The maximum absolute atomic E-state index is 3.68. The first-order chi connectivity index (χ1) is 9.13. The molecule has 112 valence electrons. The molecule has 2 nitrogen and oxygen atoms in total. The molecular formula is C17H34N2. The van der Waals surface area contributed by atoms with Crippen LogP contribution in [-0.2, 0) is 0 Å². The molecule has 0 spiro atoms. The van der Waals surface area contributed by atoms with Crippen LogP contribution in [0.15, 0.2) is 0 Å². The van der Waals surface area contributed by atoms with E-state index in [0.717, 1.165) is 23.8 Å². The molecule has 0 bridgehead atoms. The molecular weight excluding hydrogens is 232 g/mol. The van der Waals surface area contributed by atoms with Gasteiger partial charge in [-0.05, 0) is 43.6 Å². The Kier molecular flexibility index (Phi) is 6.15. The van der Waals surface area contributed by atoms with E-state index in [1.807, 2.05) is 0 Å². The van der Waals surface area contributed by atoms with Crippen LogP contribution in [0.4, 0.5) is 0 Å². The highest BCUT2D eigenvalue weighted by atomic mass is 15.2. The van der Waals surface area contributed by atoms with Gasteiger partial charge in [-0.1, -0.05) is 40.0 Å². The van der Waals surface area contributed by atoms with Crippen LogP contribution in [0, 0.1) is 17.8 Å². The zero-order valence-corrected chi connectivity index (χ0v) is 13.3. The number of hydrogen-bond acceptors (Lipinski definition) is 2. The Morgan fingerprint density at radius 3 is 2.84 bits per heavy atom. The summed E-state index contributed by atoms with van der Waals surface area (Å²) in [4.78, 5) is 2.71. The summed E-state index contributed by atoms with van der Waals surface area (Å²) in [6.07, 6.45) is 8.70. The maximum atomic E-state index is 3.68. The van der Waals surface area contributed by atoms with Crippen molar-refractivity contribution in [2.45, 2.75) is 65.3 Å². The van der Waals surface area contributed by atoms with Crippen LogP contribution >= 0.6 is 0 Å². The normalized spacial score (nSPS) is 33.8. The largest absolute Gasteiger partial charge is 0.311 e. The molecule has 2 fully saturated rings. The molecule has 0 radical (unpaired) electrons. The van der Waals surface area contributed by atoms with E-state index >= 15 is 0 Å². The molecule has 2 aliphatic rings. The minimum Gasteiger partial charge on any atom is -0.311 e. The Bertz CT molecular complexity index is 252. The third-order valence-corrected chi connectivity index (χ3v) is 4.99. The van der Waals surface area contributed by atoms with Crippen LogP contribution < -0.4 is 5.32 Å². The molecule has 0 amide bonds. The average Bonchev–Trinajstić information content (AvgIpc) is 2.36. The molecule has 1 heterocycles. The second-order valence-electron chi connectivity index (χ2n) is 7.51. The number of hydrogen-bond donors (Lipinski definition) is 1. The quantitative estimate of drug-likeness (QED) is 0.819. The molecule has 0 aromatic rings. The lowest BCUT2D eigenvalue weighted by Crippen LogP contribution is -2.51. The second kappa shape index (κ2) is 7.64. The van der Waals surface area contributed by atoms with Crippen LogP contribution in [0.1, 0.15) is 59.3 Å². The molecule has 1 aliphatic carbocycles. The summed E-state index contributed by atoms with van der Waals surface area (Å²) < 4.78 is 0. The van der Waals surface area contributed by atoms with Gasteiger partial charge >= 0.3 is 0 Å². The van der Waals surface area contributed by atoms with Crippen LogP contribution in [0.25, 0.3) is 0 Å². The van der Waals surface area contributed by atoms with Crippen molar-refractivity contribution in [1.82, 2.24) is 10.2 Å². The van der Waals surface area contributed by atoms with E-state index in [1.165, 1.54) is 64.7 Å².